The highest BCUT2D eigenvalue weighted by molar-refractivity contribution is 7.13. The van der Waals surface area contributed by atoms with E-state index in [0.717, 1.165) is 12.1 Å². The molecule has 0 aliphatic heterocycles. The standard InChI is InChI=1S/C15H13F3N2OS/c1-2-6-19-13(21)8-12-9-22-14(20-12)10-4-3-5-11(7-10)15(16,17)18/h2-5,7,9H,1,6,8H2,(H,19,21). The van der Waals surface area contributed by atoms with Crippen LogP contribution in [0.5, 0.6) is 0 Å². The summed E-state index contributed by atoms with van der Waals surface area (Å²) in [6.45, 7) is 3.86. The van der Waals surface area contributed by atoms with Crippen LogP contribution in [0.4, 0.5) is 13.2 Å². The van der Waals surface area contributed by atoms with Crippen molar-refractivity contribution in [1.29, 1.82) is 0 Å². The van der Waals surface area contributed by atoms with Crippen molar-refractivity contribution in [2.45, 2.75) is 12.6 Å². The van der Waals surface area contributed by atoms with Gasteiger partial charge in [-0.3, -0.25) is 4.79 Å². The van der Waals surface area contributed by atoms with Gasteiger partial charge in [0.15, 0.2) is 0 Å². The number of thiazole rings is 1. The second-order valence-corrected chi connectivity index (χ2v) is 5.35. The van der Waals surface area contributed by atoms with Crippen LogP contribution in [0.15, 0.2) is 42.3 Å². The zero-order valence-electron chi connectivity index (χ0n) is 11.5. The summed E-state index contributed by atoms with van der Waals surface area (Å²) in [5.74, 6) is -0.208. The third-order valence-corrected chi connectivity index (χ3v) is 3.71. The number of halogens is 3. The fourth-order valence-corrected chi connectivity index (χ4v) is 2.58. The summed E-state index contributed by atoms with van der Waals surface area (Å²) in [4.78, 5) is 15.8. The molecular weight excluding hydrogens is 313 g/mol. The van der Waals surface area contributed by atoms with Gasteiger partial charge in [0, 0.05) is 17.5 Å². The van der Waals surface area contributed by atoms with Crippen molar-refractivity contribution in [2.75, 3.05) is 6.54 Å². The summed E-state index contributed by atoms with van der Waals surface area (Å²) in [6.07, 6.45) is -2.74. The first-order valence-corrected chi connectivity index (χ1v) is 7.27. The zero-order valence-corrected chi connectivity index (χ0v) is 12.3. The first-order chi connectivity index (χ1) is 10.4. The molecule has 0 saturated carbocycles. The second kappa shape index (κ2) is 6.74. The van der Waals surface area contributed by atoms with Crippen molar-refractivity contribution in [3.63, 3.8) is 0 Å². The fraction of sp³-hybridized carbons (Fsp3) is 0.200. The number of hydrogen-bond donors (Lipinski definition) is 1. The lowest BCUT2D eigenvalue weighted by atomic mass is 10.1. The Balaban J connectivity index is 2.14. The topological polar surface area (TPSA) is 42.0 Å². The lowest BCUT2D eigenvalue weighted by molar-refractivity contribution is -0.137. The summed E-state index contributed by atoms with van der Waals surface area (Å²) >= 11 is 1.21. The Labute approximate surface area is 129 Å². The zero-order chi connectivity index (χ0) is 16.2. The van der Waals surface area contributed by atoms with Crippen molar-refractivity contribution in [2.24, 2.45) is 0 Å². The van der Waals surface area contributed by atoms with Gasteiger partial charge in [0.2, 0.25) is 5.91 Å². The third kappa shape index (κ3) is 4.17. The largest absolute Gasteiger partial charge is 0.416 e. The monoisotopic (exact) mass is 326 g/mol. The minimum atomic E-state index is -4.39. The van der Waals surface area contributed by atoms with Crippen molar-refractivity contribution in [1.82, 2.24) is 10.3 Å². The van der Waals surface area contributed by atoms with Gasteiger partial charge in [-0.1, -0.05) is 18.2 Å². The molecule has 7 heteroatoms. The molecule has 0 saturated heterocycles. The van der Waals surface area contributed by atoms with Gasteiger partial charge < -0.3 is 5.32 Å². The van der Waals surface area contributed by atoms with Gasteiger partial charge in [-0.25, -0.2) is 4.98 Å². The predicted molar refractivity (Wildman–Crippen MR) is 79.5 cm³/mol. The van der Waals surface area contributed by atoms with E-state index in [4.69, 9.17) is 0 Å². The summed E-state index contributed by atoms with van der Waals surface area (Å²) in [7, 11) is 0. The third-order valence-electron chi connectivity index (χ3n) is 2.77. The van der Waals surface area contributed by atoms with Crippen molar-refractivity contribution >= 4 is 17.2 Å². The molecule has 0 atom stereocenters. The molecule has 1 aromatic carbocycles. The second-order valence-electron chi connectivity index (χ2n) is 4.49. The molecule has 3 nitrogen and oxygen atoms in total. The molecule has 2 rings (SSSR count). The average molecular weight is 326 g/mol. The summed E-state index contributed by atoms with van der Waals surface area (Å²) in [5, 5.41) is 4.74. The van der Waals surface area contributed by atoms with Crippen LogP contribution in [0.3, 0.4) is 0 Å². The van der Waals surface area contributed by atoms with Crippen LogP contribution in [-0.4, -0.2) is 17.4 Å². The number of alkyl halides is 3. The maximum Gasteiger partial charge on any atom is 0.416 e. The highest BCUT2D eigenvalue weighted by atomic mass is 32.1. The highest BCUT2D eigenvalue weighted by Gasteiger charge is 2.30. The van der Waals surface area contributed by atoms with Gasteiger partial charge >= 0.3 is 6.18 Å². The van der Waals surface area contributed by atoms with Gasteiger partial charge in [-0.2, -0.15) is 13.2 Å². The fourth-order valence-electron chi connectivity index (χ4n) is 1.76. The van der Waals surface area contributed by atoms with Gasteiger partial charge in [-0.05, 0) is 12.1 Å². The minimum Gasteiger partial charge on any atom is -0.352 e. The summed E-state index contributed by atoms with van der Waals surface area (Å²) in [6, 6.07) is 4.98. The molecule has 0 aliphatic carbocycles. The Morgan fingerprint density at radius 3 is 2.86 bits per heavy atom. The van der Waals surface area contributed by atoms with E-state index in [1.807, 2.05) is 0 Å². The average Bonchev–Trinajstić information content (AvgIpc) is 2.93. The van der Waals surface area contributed by atoms with Crippen LogP contribution in [0.2, 0.25) is 0 Å². The number of nitrogens with zero attached hydrogens (tertiary/aromatic N) is 1. The number of benzene rings is 1. The van der Waals surface area contributed by atoms with E-state index in [2.05, 4.69) is 16.9 Å². The van der Waals surface area contributed by atoms with Crippen LogP contribution in [0.1, 0.15) is 11.3 Å². The Bertz CT molecular complexity index is 679. The van der Waals surface area contributed by atoms with Gasteiger partial charge in [0.1, 0.15) is 5.01 Å². The molecule has 2 aromatic rings. The number of rotatable bonds is 5. The van der Waals surface area contributed by atoms with E-state index in [9.17, 15) is 18.0 Å². The molecule has 1 aromatic heterocycles. The smallest absolute Gasteiger partial charge is 0.352 e. The Morgan fingerprint density at radius 2 is 2.18 bits per heavy atom. The number of hydrogen-bond acceptors (Lipinski definition) is 3. The van der Waals surface area contributed by atoms with Crippen LogP contribution in [-0.2, 0) is 17.4 Å². The van der Waals surface area contributed by atoms with Crippen molar-refractivity contribution < 1.29 is 18.0 Å². The Kier molecular flexibility index (Phi) is 4.97. The molecular formula is C15H13F3N2OS. The van der Waals surface area contributed by atoms with Crippen LogP contribution >= 0.6 is 11.3 Å². The quantitative estimate of drug-likeness (QED) is 0.852. The number of nitrogens with one attached hydrogen (secondary N) is 1. The van der Waals surface area contributed by atoms with E-state index in [-0.39, 0.29) is 12.3 Å². The molecule has 1 amide bonds. The van der Waals surface area contributed by atoms with E-state index in [1.165, 1.54) is 17.4 Å². The minimum absolute atomic E-state index is 0.0866. The maximum atomic E-state index is 12.7. The molecule has 0 unspecified atom stereocenters. The number of carbonyl (C=O) groups is 1. The van der Waals surface area contributed by atoms with Crippen molar-refractivity contribution in [3.8, 4) is 10.6 Å². The number of carbonyl (C=O) groups excluding carboxylic acids is 1. The normalized spacial score (nSPS) is 11.2. The first kappa shape index (κ1) is 16.2. The molecule has 22 heavy (non-hydrogen) atoms. The lowest BCUT2D eigenvalue weighted by Gasteiger charge is -2.07. The van der Waals surface area contributed by atoms with Gasteiger partial charge in [0.05, 0.1) is 17.7 Å². The Hall–Kier alpha value is -2.15. The molecule has 0 fully saturated rings. The van der Waals surface area contributed by atoms with Crippen LogP contribution < -0.4 is 5.32 Å². The maximum absolute atomic E-state index is 12.7. The van der Waals surface area contributed by atoms with E-state index in [0.29, 0.717) is 22.8 Å². The number of amides is 1. The Morgan fingerprint density at radius 1 is 1.41 bits per heavy atom. The van der Waals surface area contributed by atoms with Crippen LogP contribution in [0, 0.1) is 0 Å². The predicted octanol–water partition coefficient (Wildman–Crippen LogP) is 3.67. The van der Waals surface area contributed by atoms with Gasteiger partial charge in [-0.15, -0.1) is 17.9 Å². The number of aromatic nitrogens is 1. The summed E-state index contributed by atoms with van der Waals surface area (Å²) in [5.41, 5.74) is 0.196. The molecule has 0 radical (unpaired) electrons. The van der Waals surface area contributed by atoms with E-state index < -0.39 is 11.7 Å². The lowest BCUT2D eigenvalue weighted by Crippen LogP contribution is -2.25. The SMILES string of the molecule is C=CCNC(=O)Cc1csc(-c2cccc(C(F)(F)F)c2)n1. The molecule has 0 bridgehead atoms. The van der Waals surface area contributed by atoms with Gasteiger partial charge in [0.25, 0.3) is 0 Å². The molecule has 1 N–H and O–H groups in total. The molecule has 0 aliphatic rings. The highest BCUT2D eigenvalue weighted by Crippen LogP contribution is 2.33. The summed E-state index contributed by atoms with van der Waals surface area (Å²) < 4.78 is 38.1. The first-order valence-electron chi connectivity index (χ1n) is 6.40. The molecule has 1 heterocycles. The van der Waals surface area contributed by atoms with E-state index in [1.54, 1.807) is 17.5 Å². The van der Waals surface area contributed by atoms with E-state index >= 15 is 0 Å². The van der Waals surface area contributed by atoms with Crippen molar-refractivity contribution in [3.05, 3.63) is 53.6 Å². The van der Waals surface area contributed by atoms with Crippen LogP contribution in [0.25, 0.3) is 10.6 Å². The molecule has 0 spiro atoms. The molecule has 116 valence electrons.